The molecule has 1 aliphatic heterocycles. The number of pyridine rings is 1. The number of primary amides is 1. The van der Waals surface area contributed by atoms with Gasteiger partial charge in [0.2, 0.25) is 5.91 Å². The number of nitrogens with one attached hydrogen (secondary N) is 1. The van der Waals surface area contributed by atoms with Gasteiger partial charge in [-0.05, 0) is 55.6 Å². The van der Waals surface area contributed by atoms with Crippen LogP contribution >= 0.6 is 11.6 Å². The zero-order valence-electron chi connectivity index (χ0n) is 15.5. The molecule has 6 nitrogen and oxygen atoms in total. The van der Waals surface area contributed by atoms with E-state index in [2.05, 4.69) is 27.3 Å². The van der Waals surface area contributed by atoms with Crippen molar-refractivity contribution >= 4 is 23.3 Å². The third kappa shape index (κ3) is 5.34. The van der Waals surface area contributed by atoms with Gasteiger partial charge < -0.3 is 15.8 Å². The number of hydrogen-bond acceptors (Lipinski definition) is 5. The third-order valence-electron chi connectivity index (χ3n) is 4.96. The number of piperidine rings is 1. The topological polar surface area (TPSA) is 80.5 Å². The molecule has 0 bridgehead atoms. The summed E-state index contributed by atoms with van der Waals surface area (Å²) >= 11 is 6.18. The van der Waals surface area contributed by atoms with E-state index in [4.69, 9.17) is 22.1 Å². The number of aromatic nitrogens is 1. The van der Waals surface area contributed by atoms with Crippen molar-refractivity contribution in [2.45, 2.75) is 19.4 Å². The Morgan fingerprint density at radius 2 is 2.04 bits per heavy atom. The van der Waals surface area contributed by atoms with E-state index in [9.17, 15) is 4.79 Å². The first-order valence-electron chi connectivity index (χ1n) is 9.09. The van der Waals surface area contributed by atoms with Crippen LogP contribution in [0.15, 0.2) is 36.5 Å². The molecule has 0 atom stereocenters. The minimum atomic E-state index is -0.528. The number of carbonyl (C=O) groups is 1. The van der Waals surface area contributed by atoms with Crippen molar-refractivity contribution in [3.05, 3.63) is 52.7 Å². The number of nitrogens with zero attached hydrogens (tertiary/aromatic N) is 2. The zero-order chi connectivity index (χ0) is 19.2. The highest BCUT2D eigenvalue weighted by Crippen LogP contribution is 2.23. The van der Waals surface area contributed by atoms with Crippen LogP contribution in [0.5, 0.6) is 5.75 Å². The van der Waals surface area contributed by atoms with Crippen molar-refractivity contribution < 1.29 is 9.53 Å². The molecule has 1 saturated heterocycles. The molecule has 144 valence electrons. The normalized spacial score (nSPS) is 15.5. The minimum absolute atomic E-state index is 0.317. The molecule has 0 saturated carbocycles. The molecule has 2 heterocycles. The van der Waals surface area contributed by atoms with Gasteiger partial charge in [0, 0.05) is 19.3 Å². The number of anilines is 1. The lowest BCUT2D eigenvalue weighted by molar-refractivity contribution is 0.1000. The molecule has 1 amide bonds. The number of nitrogens with two attached hydrogens (primary N) is 1. The number of carbonyl (C=O) groups excluding carboxylic acids is 1. The van der Waals surface area contributed by atoms with Crippen molar-refractivity contribution in [3.8, 4) is 5.75 Å². The van der Waals surface area contributed by atoms with E-state index >= 15 is 0 Å². The van der Waals surface area contributed by atoms with Crippen molar-refractivity contribution in [1.29, 1.82) is 0 Å². The van der Waals surface area contributed by atoms with Gasteiger partial charge in [0.1, 0.15) is 11.6 Å². The van der Waals surface area contributed by atoms with Gasteiger partial charge in [0.25, 0.3) is 0 Å². The molecule has 1 fully saturated rings. The first-order chi connectivity index (χ1) is 13.0. The van der Waals surface area contributed by atoms with E-state index in [1.165, 1.54) is 11.8 Å². The molecule has 27 heavy (non-hydrogen) atoms. The Hall–Kier alpha value is -2.31. The largest absolute Gasteiger partial charge is 0.497 e. The van der Waals surface area contributed by atoms with Gasteiger partial charge in [0.15, 0.2) is 0 Å². The number of ether oxygens (including phenoxy) is 1. The highest BCUT2D eigenvalue weighted by molar-refractivity contribution is 6.33. The number of rotatable bonds is 7. The van der Waals surface area contributed by atoms with Gasteiger partial charge in [0.05, 0.1) is 17.7 Å². The van der Waals surface area contributed by atoms with E-state index in [1.54, 1.807) is 13.2 Å². The molecular weight excluding hydrogens is 364 g/mol. The third-order valence-corrected chi connectivity index (χ3v) is 5.24. The molecular formula is C20H25ClN4O2. The van der Waals surface area contributed by atoms with Gasteiger partial charge in [-0.1, -0.05) is 23.7 Å². The summed E-state index contributed by atoms with van der Waals surface area (Å²) in [5.74, 6) is 1.54. The van der Waals surface area contributed by atoms with E-state index < -0.39 is 5.91 Å². The summed E-state index contributed by atoms with van der Waals surface area (Å²) in [5.41, 5.74) is 6.86. The average Bonchev–Trinajstić information content (AvgIpc) is 2.68. The maximum absolute atomic E-state index is 11.2. The molecule has 3 rings (SSSR count). The van der Waals surface area contributed by atoms with E-state index in [0.29, 0.717) is 22.3 Å². The van der Waals surface area contributed by atoms with Gasteiger partial charge >= 0.3 is 0 Å². The fourth-order valence-corrected chi connectivity index (χ4v) is 3.51. The highest BCUT2D eigenvalue weighted by Gasteiger charge is 2.19. The first kappa shape index (κ1) is 19.5. The van der Waals surface area contributed by atoms with Crippen LogP contribution in [0.3, 0.4) is 0 Å². The van der Waals surface area contributed by atoms with Crippen LogP contribution in [0.1, 0.15) is 28.8 Å². The first-order valence-corrected chi connectivity index (χ1v) is 9.47. The fraction of sp³-hybridized carbons (Fsp3) is 0.400. The van der Waals surface area contributed by atoms with Crippen LogP contribution in [0.4, 0.5) is 5.82 Å². The summed E-state index contributed by atoms with van der Waals surface area (Å²) in [7, 11) is 1.68. The summed E-state index contributed by atoms with van der Waals surface area (Å²) in [6.45, 7) is 3.92. The van der Waals surface area contributed by atoms with Gasteiger partial charge in [-0.2, -0.15) is 0 Å². The van der Waals surface area contributed by atoms with Crippen LogP contribution in [-0.2, 0) is 6.54 Å². The number of methoxy groups -OCH3 is 1. The Balaban J connectivity index is 1.44. The smallest absolute Gasteiger partial charge is 0.250 e. The average molecular weight is 389 g/mol. The van der Waals surface area contributed by atoms with E-state index in [1.807, 2.05) is 12.1 Å². The van der Waals surface area contributed by atoms with E-state index in [-0.39, 0.29) is 0 Å². The number of likely N-dealkylation sites (tertiary alicyclic amines) is 1. The summed E-state index contributed by atoms with van der Waals surface area (Å²) in [6, 6.07) is 9.81. The predicted molar refractivity (Wildman–Crippen MR) is 107 cm³/mol. The second kappa shape index (κ2) is 9.06. The van der Waals surface area contributed by atoms with Gasteiger partial charge in [-0.15, -0.1) is 0 Å². The highest BCUT2D eigenvalue weighted by atomic mass is 35.5. The van der Waals surface area contributed by atoms with Crippen molar-refractivity contribution in [3.63, 3.8) is 0 Å². The fourth-order valence-electron chi connectivity index (χ4n) is 3.28. The molecule has 1 aromatic heterocycles. The molecule has 0 spiro atoms. The Labute approximate surface area is 164 Å². The molecule has 1 aromatic carbocycles. The summed E-state index contributed by atoms with van der Waals surface area (Å²) in [5, 5.41) is 3.72. The summed E-state index contributed by atoms with van der Waals surface area (Å²) < 4.78 is 5.21. The molecule has 3 N–H and O–H groups in total. The second-order valence-corrected chi connectivity index (χ2v) is 7.27. The van der Waals surface area contributed by atoms with Crippen LogP contribution in [0.25, 0.3) is 0 Å². The molecule has 7 heteroatoms. The van der Waals surface area contributed by atoms with Gasteiger partial charge in [-0.3, -0.25) is 9.69 Å². The van der Waals surface area contributed by atoms with Crippen molar-refractivity contribution in [2.24, 2.45) is 11.7 Å². The maximum atomic E-state index is 11.2. The minimum Gasteiger partial charge on any atom is -0.497 e. The quantitative estimate of drug-likeness (QED) is 0.761. The molecule has 2 aromatic rings. The zero-order valence-corrected chi connectivity index (χ0v) is 16.2. The number of benzene rings is 1. The SMILES string of the molecule is COc1ccc(CN2CCC(CNc3ncc(C(N)=O)cc3Cl)CC2)cc1. The number of amides is 1. The Kier molecular flexibility index (Phi) is 6.53. The lowest BCUT2D eigenvalue weighted by Crippen LogP contribution is -2.35. The monoisotopic (exact) mass is 388 g/mol. The van der Waals surface area contributed by atoms with Crippen molar-refractivity contribution in [1.82, 2.24) is 9.88 Å². The lowest BCUT2D eigenvalue weighted by Gasteiger charge is -2.32. The van der Waals surface area contributed by atoms with Crippen LogP contribution in [0, 0.1) is 5.92 Å². The Morgan fingerprint density at radius 1 is 1.33 bits per heavy atom. The summed E-state index contributed by atoms with van der Waals surface area (Å²) in [6.07, 6.45) is 3.70. The predicted octanol–water partition coefficient (Wildman–Crippen LogP) is 3.17. The lowest BCUT2D eigenvalue weighted by atomic mass is 9.96. The van der Waals surface area contributed by atoms with Crippen molar-refractivity contribution in [2.75, 3.05) is 32.1 Å². The van der Waals surface area contributed by atoms with Crippen LogP contribution in [-0.4, -0.2) is 42.5 Å². The maximum Gasteiger partial charge on any atom is 0.250 e. The Bertz CT molecular complexity index is 774. The molecule has 1 aliphatic rings. The van der Waals surface area contributed by atoms with Crippen LogP contribution in [0.2, 0.25) is 5.02 Å². The second-order valence-electron chi connectivity index (χ2n) is 6.87. The number of halogens is 1. The molecule has 0 aliphatic carbocycles. The Morgan fingerprint density at radius 3 is 2.63 bits per heavy atom. The van der Waals surface area contributed by atoms with E-state index in [0.717, 1.165) is 44.8 Å². The van der Waals surface area contributed by atoms with Crippen LogP contribution < -0.4 is 15.8 Å². The molecule has 0 unspecified atom stereocenters. The standard InChI is InChI=1S/C20H25ClN4O2/c1-27-17-4-2-15(3-5-17)13-25-8-6-14(7-9-25)11-23-20-18(21)10-16(12-24-20)19(22)26/h2-5,10,12,14H,6-9,11,13H2,1H3,(H2,22,26)(H,23,24). The van der Waals surface area contributed by atoms with Gasteiger partial charge in [-0.25, -0.2) is 4.98 Å². The molecule has 0 radical (unpaired) electrons. The number of hydrogen-bond donors (Lipinski definition) is 2. The summed E-state index contributed by atoms with van der Waals surface area (Å²) in [4.78, 5) is 17.8.